The molecule has 0 N–H and O–H groups in total. The van der Waals surface area contributed by atoms with Gasteiger partial charge >= 0.3 is 0 Å². The van der Waals surface area contributed by atoms with Gasteiger partial charge in [0.25, 0.3) is 0 Å². The summed E-state index contributed by atoms with van der Waals surface area (Å²) in [5.74, 6) is 1.54. The minimum atomic E-state index is 0.0358. The first-order valence-corrected chi connectivity index (χ1v) is 8.80. The molecule has 0 unspecified atom stereocenters. The minimum Gasteiger partial charge on any atom is -0.459 e. The van der Waals surface area contributed by atoms with E-state index in [0.29, 0.717) is 18.0 Å². The maximum absolute atomic E-state index is 12.6. The third-order valence-electron chi connectivity index (χ3n) is 4.60. The minimum absolute atomic E-state index is 0.0358. The van der Waals surface area contributed by atoms with Crippen molar-refractivity contribution in [1.82, 2.24) is 14.7 Å². The van der Waals surface area contributed by atoms with Gasteiger partial charge in [-0.25, -0.2) is 0 Å². The molecule has 0 saturated carbocycles. The smallest absolute Gasteiger partial charge is 0.227 e. The van der Waals surface area contributed by atoms with Crippen LogP contribution in [0.4, 0.5) is 0 Å². The molecule has 136 valence electrons. The predicted octanol–water partition coefficient (Wildman–Crippen LogP) is 4.15. The van der Waals surface area contributed by atoms with Gasteiger partial charge in [-0.2, -0.15) is 5.10 Å². The maximum Gasteiger partial charge on any atom is 0.227 e. The van der Waals surface area contributed by atoms with Crippen LogP contribution in [0.15, 0.2) is 40.8 Å². The van der Waals surface area contributed by atoms with Crippen LogP contribution in [0.3, 0.4) is 0 Å². The molecule has 0 aliphatic heterocycles. The number of hydrogen-bond donors (Lipinski definition) is 0. The maximum atomic E-state index is 12.6. The summed E-state index contributed by atoms with van der Waals surface area (Å²) < 4.78 is 7.69. The highest BCUT2D eigenvalue weighted by Gasteiger charge is 2.17. The Kier molecular flexibility index (Phi) is 5.18. The molecule has 0 saturated heterocycles. The molecule has 6 heteroatoms. The van der Waals surface area contributed by atoms with Gasteiger partial charge in [0.1, 0.15) is 11.5 Å². The first-order valence-electron chi connectivity index (χ1n) is 8.43. The second-order valence-electron chi connectivity index (χ2n) is 6.47. The Morgan fingerprint density at radius 3 is 2.50 bits per heavy atom. The lowest BCUT2D eigenvalue weighted by atomic mass is 10.1. The first-order chi connectivity index (χ1) is 12.3. The fourth-order valence-corrected chi connectivity index (χ4v) is 3.04. The van der Waals surface area contributed by atoms with Gasteiger partial charge < -0.3 is 9.32 Å². The number of hydrogen-bond acceptors (Lipinski definition) is 3. The summed E-state index contributed by atoms with van der Waals surface area (Å²) in [6.07, 6.45) is 0.340. The largest absolute Gasteiger partial charge is 0.459 e. The van der Waals surface area contributed by atoms with Crippen molar-refractivity contribution in [3.8, 4) is 11.3 Å². The van der Waals surface area contributed by atoms with Crippen LogP contribution >= 0.6 is 11.6 Å². The van der Waals surface area contributed by atoms with Gasteiger partial charge in [-0.05, 0) is 50.2 Å². The zero-order valence-electron chi connectivity index (χ0n) is 15.4. The molecule has 5 nitrogen and oxygen atoms in total. The Balaban J connectivity index is 1.67. The number of furan rings is 1. The molecule has 0 radical (unpaired) electrons. The van der Waals surface area contributed by atoms with Crippen molar-refractivity contribution >= 4 is 17.5 Å². The Morgan fingerprint density at radius 2 is 1.88 bits per heavy atom. The fraction of sp³-hybridized carbons (Fsp3) is 0.300. The summed E-state index contributed by atoms with van der Waals surface area (Å²) in [5, 5.41) is 5.05. The number of carbonyl (C=O) groups excluding carboxylic acids is 1. The molecule has 3 aromatic rings. The molecule has 1 aromatic carbocycles. The molecule has 0 aliphatic rings. The van der Waals surface area contributed by atoms with Crippen molar-refractivity contribution in [3.63, 3.8) is 0 Å². The third kappa shape index (κ3) is 3.83. The van der Waals surface area contributed by atoms with Crippen molar-refractivity contribution in [1.29, 1.82) is 0 Å². The van der Waals surface area contributed by atoms with E-state index in [1.165, 1.54) is 0 Å². The van der Waals surface area contributed by atoms with Crippen LogP contribution in [-0.4, -0.2) is 27.6 Å². The van der Waals surface area contributed by atoms with E-state index < -0.39 is 0 Å². The zero-order valence-corrected chi connectivity index (χ0v) is 16.2. The fourth-order valence-electron chi connectivity index (χ4n) is 2.91. The summed E-state index contributed by atoms with van der Waals surface area (Å²) in [6.45, 7) is 4.33. The van der Waals surface area contributed by atoms with Crippen LogP contribution in [0.5, 0.6) is 0 Å². The SMILES string of the molecule is Cc1nn(C)c(C)c1CC(=O)N(C)Cc1ccc(-c2ccc(Cl)cc2)o1. The summed E-state index contributed by atoms with van der Waals surface area (Å²) in [6, 6.07) is 11.3. The lowest BCUT2D eigenvalue weighted by Gasteiger charge is -2.16. The molecule has 26 heavy (non-hydrogen) atoms. The van der Waals surface area contributed by atoms with E-state index in [2.05, 4.69) is 5.10 Å². The number of aryl methyl sites for hydroxylation is 2. The number of amides is 1. The number of nitrogens with zero attached hydrogens (tertiary/aromatic N) is 3. The van der Waals surface area contributed by atoms with E-state index in [-0.39, 0.29) is 5.91 Å². The number of aromatic nitrogens is 2. The zero-order chi connectivity index (χ0) is 18.8. The molecule has 0 fully saturated rings. The number of rotatable bonds is 5. The molecule has 3 rings (SSSR count). The number of halogens is 1. The second kappa shape index (κ2) is 7.38. The van der Waals surface area contributed by atoms with Crippen molar-refractivity contribution in [2.45, 2.75) is 26.8 Å². The summed E-state index contributed by atoms with van der Waals surface area (Å²) >= 11 is 5.92. The van der Waals surface area contributed by atoms with Crippen molar-refractivity contribution < 1.29 is 9.21 Å². The quantitative estimate of drug-likeness (QED) is 0.677. The van der Waals surface area contributed by atoms with E-state index in [9.17, 15) is 4.79 Å². The molecular formula is C20H22ClN3O2. The molecular weight excluding hydrogens is 350 g/mol. The normalized spacial score (nSPS) is 11.0. The Bertz CT molecular complexity index is 925. The lowest BCUT2D eigenvalue weighted by Crippen LogP contribution is -2.27. The van der Waals surface area contributed by atoms with E-state index in [0.717, 1.165) is 34.0 Å². The van der Waals surface area contributed by atoms with Crippen LogP contribution in [0.2, 0.25) is 5.02 Å². The summed E-state index contributed by atoms with van der Waals surface area (Å²) in [5.41, 5.74) is 3.86. The van der Waals surface area contributed by atoms with Crippen LogP contribution in [0.1, 0.15) is 22.7 Å². The van der Waals surface area contributed by atoms with Gasteiger partial charge in [-0.15, -0.1) is 0 Å². The van der Waals surface area contributed by atoms with Gasteiger partial charge in [-0.3, -0.25) is 9.48 Å². The molecule has 1 amide bonds. The first kappa shape index (κ1) is 18.3. The highest BCUT2D eigenvalue weighted by atomic mass is 35.5. The monoisotopic (exact) mass is 371 g/mol. The molecule has 0 bridgehead atoms. The Labute approximate surface area is 158 Å². The van der Waals surface area contributed by atoms with E-state index in [4.69, 9.17) is 16.0 Å². The standard InChI is InChI=1S/C20H22ClN3O2/c1-13-18(14(2)24(4)22-13)11-20(25)23(3)12-17-9-10-19(26-17)15-5-7-16(21)8-6-15/h5-10H,11-12H2,1-4H3. The average Bonchev–Trinajstić information content (AvgIpc) is 3.15. The topological polar surface area (TPSA) is 51.3 Å². The molecule has 0 aliphatic carbocycles. The lowest BCUT2D eigenvalue weighted by molar-refractivity contribution is -0.129. The van der Waals surface area contributed by atoms with E-state index in [1.54, 1.807) is 11.9 Å². The van der Waals surface area contributed by atoms with Crippen LogP contribution in [0.25, 0.3) is 11.3 Å². The average molecular weight is 372 g/mol. The molecule has 2 heterocycles. The Morgan fingerprint density at radius 1 is 1.19 bits per heavy atom. The molecule has 0 spiro atoms. The number of likely N-dealkylation sites (N-methyl/N-ethyl adjacent to an activating group) is 1. The predicted molar refractivity (Wildman–Crippen MR) is 102 cm³/mol. The highest BCUT2D eigenvalue weighted by Crippen LogP contribution is 2.24. The summed E-state index contributed by atoms with van der Waals surface area (Å²) in [4.78, 5) is 14.3. The Hall–Kier alpha value is -2.53. The van der Waals surface area contributed by atoms with E-state index in [1.807, 2.05) is 62.0 Å². The number of benzene rings is 1. The van der Waals surface area contributed by atoms with Crippen molar-refractivity contribution in [3.05, 3.63) is 64.1 Å². The molecule has 0 atom stereocenters. The van der Waals surface area contributed by atoms with Gasteiger partial charge in [0, 0.05) is 35.9 Å². The second-order valence-corrected chi connectivity index (χ2v) is 6.91. The number of carbonyl (C=O) groups is 1. The van der Waals surface area contributed by atoms with Crippen LogP contribution in [0, 0.1) is 13.8 Å². The van der Waals surface area contributed by atoms with Crippen molar-refractivity contribution in [2.24, 2.45) is 7.05 Å². The van der Waals surface area contributed by atoms with E-state index >= 15 is 0 Å². The summed E-state index contributed by atoms with van der Waals surface area (Å²) in [7, 11) is 3.68. The van der Waals surface area contributed by atoms with Gasteiger partial charge in [-0.1, -0.05) is 11.6 Å². The molecule has 2 aromatic heterocycles. The van der Waals surface area contributed by atoms with Gasteiger partial charge in [0.2, 0.25) is 5.91 Å². The van der Waals surface area contributed by atoms with Crippen molar-refractivity contribution in [2.75, 3.05) is 7.05 Å². The van der Waals surface area contributed by atoms with Gasteiger partial charge in [0.05, 0.1) is 18.7 Å². The van der Waals surface area contributed by atoms with Crippen LogP contribution in [-0.2, 0) is 24.8 Å². The van der Waals surface area contributed by atoms with Gasteiger partial charge in [0.15, 0.2) is 0 Å². The third-order valence-corrected chi connectivity index (χ3v) is 4.85. The highest BCUT2D eigenvalue weighted by molar-refractivity contribution is 6.30. The van der Waals surface area contributed by atoms with Crippen LogP contribution < -0.4 is 0 Å².